The van der Waals surface area contributed by atoms with E-state index in [9.17, 15) is 17.6 Å². The first kappa shape index (κ1) is 8.26. The molecule has 0 saturated heterocycles. The van der Waals surface area contributed by atoms with Gasteiger partial charge in [-0.25, -0.2) is 17.6 Å². The predicted octanol–water partition coefficient (Wildman–Crippen LogP) is 4.28. The van der Waals surface area contributed by atoms with Crippen molar-refractivity contribution < 1.29 is 31.9 Å². The minimum Gasteiger partial charge on any atom is -0.494 e. The van der Waals surface area contributed by atoms with Crippen LogP contribution in [0.1, 0.15) is 22.8 Å². The summed E-state index contributed by atoms with van der Waals surface area (Å²) in [6, 6.07) is 3.91. The molecule has 2 rings (SSSR count). The number of ether oxygens (including phenoxy) is 1. The van der Waals surface area contributed by atoms with Crippen LogP contribution in [0, 0.1) is 23.3 Å². The van der Waals surface area contributed by atoms with Gasteiger partial charge >= 0.3 is 0 Å². The van der Waals surface area contributed by atoms with Crippen LogP contribution in [0.25, 0.3) is 11.1 Å². The second-order valence-electron chi connectivity index (χ2n) is 3.90. The highest BCUT2D eigenvalue weighted by Gasteiger charge is 2.24. The summed E-state index contributed by atoms with van der Waals surface area (Å²) in [6.45, 7) is -6.78. The molecule has 0 spiro atoms. The molecule has 0 atom stereocenters. The van der Waals surface area contributed by atoms with Gasteiger partial charge in [-0.2, -0.15) is 0 Å². The number of anilines is 1. The molecule has 0 unspecified atom stereocenters. The van der Waals surface area contributed by atoms with E-state index in [-0.39, 0.29) is 0 Å². The fourth-order valence-electron chi connectivity index (χ4n) is 1.70. The molecule has 0 aliphatic heterocycles. The summed E-state index contributed by atoms with van der Waals surface area (Å²) in [6.07, 6.45) is -3.45. The third-order valence-corrected chi connectivity index (χ3v) is 2.64. The van der Waals surface area contributed by atoms with Gasteiger partial charge in [0.2, 0.25) is 0 Å². The molecule has 2 N–H and O–H groups in total. The molecule has 0 amide bonds. The second kappa shape index (κ2) is 6.03. The van der Waals surface area contributed by atoms with Gasteiger partial charge in [0.1, 0.15) is 11.4 Å². The highest BCUT2D eigenvalue weighted by Crippen LogP contribution is 2.34. The van der Waals surface area contributed by atoms with E-state index < -0.39 is 65.6 Å². The summed E-state index contributed by atoms with van der Waals surface area (Å²) >= 11 is 0. The van der Waals surface area contributed by atoms with Crippen molar-refractivity contribution in [1.29, 1.82) is 0 Å². The molecule has 0 aliphatic carbocycles. The first-order chi connectivity index (χ1) is 12.6. The Labute approximate surface area is 129 Å². The summed E-state index contributed by atoms with van der Waals surface area (Å²) in [7, 11) is 0. The third-order valence-electron chi connectivity index (χ3n) is 2.64. The Morgan fingerprint density at radius 2 is 1.81 bits per heavy atom. The van der Waals surface area contributed by atoms with Crippen molar-refractivity contribution in [3.8, 4) is 16.9 Å². The van der Waals surface area contributed by atoms with Crippen LogP contribution in [0.15, 0.2) is 24.3 Å². The summed E-state index contributed by atoms with van der Waals surface area (Å²) < 4.78 is 112. The zero-order valence-corrected chi connectivity index (χ0v) is 10.3. The van der Waals surface area contributed by atoms with Gasteiger partial charge in [0.15, 0.2) is 23.3 Å². The largest absolute Gasteiger partial charge is 0.494 e. The quantitative estimate of drug-likeness (QED) is 0.520. The lowest BCUT2D eigenvalue weighted by molar-refractivity contribution is 0.317. The number of hydrogen-bond donors (Lipinski definition) is 1. The molecule has 0 aromatic heterocycles. The molecular formula is C15H13F4NO. The lowest BCUT2D eigenvalue weighted by Crippen LogP contribution is -2.05. The van der Waals surface area contributed by atoms with Crippen molar-refractivity contribution in [2.24, 2.45) is 0 Å². The highest BCUT2D eigenvalue weighted by atomic mass is 19.2. The number of benzene rings is 2. The predicted molar refractivity (Wildman–Crippen MR) is 71.9 cm³/mol. The van der Waals surface area contributed by atoms with Gasteiger partial charge in [-0.15, -0.1) is 0 Å². The molecule has 112 valence electrons. The Kier molecular flexibility index (Phi) is 2.37. The molecule has 2 nitrogen and oxygen atoms in total. The Balaban J connectivity index is 2.53. The van der Waals surface area contributed by atoms with E-state index in [0.717, 1.165) is 24.3 Å². The number of halogens is 4. The maximum atomic E-state index is 14.1. The number of rotatable bonds is 4. The van der Waals surface area contributed by atoms with Crippen LogP contribution in [0.5, 0.6) is 5.75 Å². The highest BCUT2D eigenvalue weighted by molar-refractivity contribution is 5.69. The zero-order chi connectivity index (χ0) is 21.7. The van der Waals surface area contributed by atoms with Crippen LogP contribution in [0.3, 0.4) is 0 Å². The van der Waals surface area contributed by atoms with Crippen LogP contribution < -0.4 is 10.5 Å². The number of nitrogen functional groups attached to an aromatic ring is 1. The van der Waals surface area contributed by atoms with Crippen LogP contribution >= 0.6 is 0 Å². The normalized spacial score (nSPS) is 17.6. The molecule has 2 aromatic carbocycles. The number of hydrogen-bond acceptors (Lipinski definition) is 2. The zero-order valence-electron chi connectivity index (χ0n) is 17.3. The summed E-state index contributed by atoms with van der Waals surface area (Å²) in [5, 5.41) is 0. The van der Waals surface area contributed by atoms with Crippen molar-refractivity contribution in [1.82, 2.24) is 0 Å². The molecule has 0 saturated carbocycles. The molecule has 6 heteroatoms. The average molecular weight is 306 g/mol. The third kappa shape index (κ3) is 2.79. The fraction of sp³-hybridized carbons (Fsp3) is 0.200. The molecule has 2 aromatic rings. The molecule has 21 heavy (non-hydrogen) atoms. The average Bonchev–Trinajstić information content (AvgIpc) is 2.57. The van der Waals surface area contributed by atoms with Crippen molar-refractivity contribution in [2.45, 2.75) is 13.2 Å². The van der Waals surface area contributed by atoms with Crippen LogP contribution in [0.2, 0.25) is 0 Å². The monoisotopic (exact) mass is 306 g/mol. The molecule has 0 heterocycles. The van der Waals surface area contributed by atoms with Crippen molar-refractivity contribution in [2.75, 3.05) is 12.3 Å². The van der Waals surface area contributed by atoms with Gasteiger partial charge in [-0.1, -0.05) is 19.0 Å². The first-order valence-electron chi connectivity index (χ1n) is 9.02. The topological polar surface area (TPSA) is 35.2 Å². The standard InChI is InChI=1S/C15H13F4NO/c1-2-6-21-9-5-3-4-8(7-9)10-11(16)13(18)15(20)14(19)12(10)17/h3-5,7H,2,6,20H2,1H3/i1D3,2D2,6D2. The van der Waals surface area contributed by atoms with E-state index in [1.807, 2.05) is 0 Å². The minimum atomic E-state index is -3.45. The van der Waals surface area contributed by atoms with E-state index in [0.29, 0.717) is 0 Å². The molecule has 0 radical (unpaired) electrons. The molecule has 0 fully saturated rings. The van der Waals surface area contributed by atoms with Gasteiger partial charge in [-0.3, -0.25) is 0 Å². The van der Waals surface area contributed by atoms with Gasteiger partial charge in [-0.05, 0) is 24.1 Å². The van der Waals surface area contributed by atoms with Crippen molar-refractivity contribution in [3.63, 3.8) is 0 Å². The van der Waals surface area contributed by atoms with E-state index in [4.69, 9.17) is 20.1 Å². The van der Waals surface area contributed by atoms with Gasteiger partial charge < -0.3 is 10.5 Å². The van der Waals surface area contributed by atoms with Crippen molar-refractivity contribution >= 4 is 5.69 Å². The lowest BCUT2D eigenvalue weighted by Gasteiger charge is -2.11. The molecular weight excluding hydrogens is 286 g/mol. The van der Waals surface area contributed by atoms with Crippen molar-refractivity contribution in [3.05, 3.63) is 47.5 Å². The Morgan fingerprint density at radius 3 is 2.43 bits per heavy atom. The van der Waals surface area contributed by atoms with E-state index in [2.05, 4.69) is 0 Å². The van der Waals surface area contributed by atoms with E-state index in [1.165, 1.54) is 0 Å². The Hall–Kier alpha value is -2.24. The number of nitrogens with two attached hydrogens (primary N) is 1. The van der Waals surface area contributed by atoms with Gasteiger partial charge in [0, 0.05) is 6.85 Å². The summed E-state index contributed by atoms with van der Waals surface area (Å²) in [4.78, 5) is 0. The fourth-order valence-corrected chi connectivity index (χ4v) is 1.70. The smallest absolute Gasteiger partial charge is 0.185 e. The Morgan fingerprint density at radius 1 is 1.14 bits per heavy atom. The van der Waals surface area contributed by atoms with Crippen LogP contribution in [-0.2, 0) is 0 Å². The first-order valence-corrected chi connectivity index (χ1v) is 5.52. The maximum absolute atomic E-state index is 14.1. The maximum Gasteiger partial charge on any atom is 0.185 e. The van der Waals surface area contributed by atoms with Crippen LogP contribution in [0.4, 0.5) is 23.2 Å². The SMILES string of the molecule is [2H]C([2H])([2H])C([2H])([2H])C([2H])([2H])Oc1cccc(-c2c(F)c(F)c(N)c(F)c2F)c1. The van der Waals surface area contributed by atoms with E-state index in [1.54, 1.807) is 0 Å². The Bertz CT molecular complexity index is 889. The van der Waals surface area contributed by atoms with Gasteiger partial charge in [0.05, 0.1) is 14.9 Å². The summed E-state index contributed by atoms with van der Waals surface area (Å²) in [5.74, 6) is -7.78. The molecule has 0 aliphatic rings. The summed E-state index contributed by atoms with van der Waals surface area (Å²) in [5.41, 5.74) is 1.96. The second-order valence-corrected chi connectivity index (χ2v) is 3.90. The van der Waals surface area contributed by atoms with Gasteiger partial charge in [0.25, 0.3) is 0 Å². The molecule has 0 bridgehead atoms. The van der Waals surface area contributed by atoms with Crippen LogP contribution in [-0.4, -0.2) is 6.56 Å². The van der Waals surface area contributed by atoms with E-state index >= 15 is 0 Å². The lowest BCUT2D eigenvalue weighted by atomic mass is 10.0. The minimum absolute atomic E-state index is 0.476.